The lowest BCUT2D eigenvalue weighted by atomic mass is 10.2. The molecule has 1 aromatic heterocycles. The topological polar surface area (TPSA) is 79.4 Å². The molecule has 2 N–H and O–H groups in total. The van der Waals surface area contributed by atoms with Crippen LogP contribution in [0.2, 0.25) is 5.02 Å². The molecule has 2 aromatic rings. The van der Waals surface area contributed by atoms with Gasteiger partial charge >= 0.3 is 0 Å². The molecular formula is C19H22ClN5O2. The van der Waals surface area contributed by atoms with E-state index in [1.807, 2.05) is 31.2 Å². The van der Waals surface area contributed by atoms with Crippen LogP contribution >= 0.6 is 11.6 Å². The fourth-order valence-electron chi connectivity index (χ4n) is 3.13. The summed E-state index contributed by atoms with van der Waals surface area (Å²) in [7, 11) is 0. The summed E-state index contributed by atoms with van der Waals surface area (Å²) >= 11 is 6.17. The number of hydrogen-bond donors (Lipinski definition) is 2. The van der Waals surface area contributed by atoms with Crippen LogP contribution in [0.5, 0.6) is 0 Å². The summed E-state index contributed by atoms with van der Waals surface area (Å²) in [5, 5.41) is 6.99. The van der Waals surface area contributed by atoms with Crippen molar-refractivity contribution in [2.45, 2.75) is 44.9 Å². The molecule has 27 heavy (non-hydrogen) atoms. The second kappa shape index (κ2) is 7.70. The number of hydrogen-bond acceptors (Lipinski definition) is 6. The number of anilines is 4. The van der Waals surface area contributed by atoms with E-state index >= 15 is 0 Å². The molecule has 1 aliphatic heterocycles. The highest BCUT2D eigenvalue weighted by Gasteiger charge is 2.32. The molecule has 1 aliphatic carbocycles. The summed E-state index contributed by atoms with van der Waals surface area (Å²) in [6, 6.07) is 8.06. The third-order valence-corrected chi connectivity index (χ3v) is 4.84. The molecule has 142 valence electrons. The number of benzene rings is 1. The molecule has 1 saturated carbocycles. The van der Waals surface area contributed by atoms with E-state index in [2.05, 4.69) is 20.6 Å². The molecule has 1 unspecified atom stereocenters. The molecule has 1 amide bonds. The Kier molecular flexibility index (Phi) is 5.13. The zero-order valence-electron chi connectivity index (χ0n) is 15.1. The lowest BCUT2D eigenvalue weighted by Crippen LogP contribution is -2.34. The molecule has 8 heteroatoms. The molecule has 7 nitrogen and oxygen atoms in total. The third kappa shape index (κ3) is 4.14. The van der Waals surface area contributed by atoms with Crippen molar-refractivity contribution in [2.24, 2.45) is 0 Å². The van der Waals surface area contributed by atoms with E-state index in [1.165, 1.54) is 0 Å². The number of nitrogens with zero attached hydrogens (tertiary/aromatic N) is 3. The lowest BCUT2D eigenvalue weighted by Gasteiger charge is -2.25. The number of nitrogens with one attached hydrogen (secondary N) is 2. The van der Waals surface area contributed by atoms with Gasteiger partial charge < -0.3 is 15.4 Å². The van der Waals surface area contributed by atoms with E-state index in [-0.39, 0.29) is 12.1 Å². The summed E-state index contributed by atoms with van der Waals surface area (Å²) in [5.41, 5.74) is 1.59. The van der Waals surface area contributed by atoms with Gasteiger partial charge in [0.05, 0.1) is 6.20 Å². The van der Waals surface area contributed by atoms with E-state index in [4.69, 9.17) is 16.3 Å². The van der Waals surface area contributed by atoms with Gasteiger partial charge in [0.15, 0.2) is 5.82 Å². The molecule has 1 saturated heterocycles. The van der Waals surface area contributed by atoms with Crippen LogP contribution in [0.15, 0.2) is 30.5 Å². The van der Waals surface area contributed by atoms with E-state index in [0.29, 0.717) is 42.3 Å². The molecular weight excluding hydrogens is 366 g/mol. The van der Waals surface area contributed by atoms with Crippen LogP contribution in [0.3, 0.4) is 0 Å². The Morgan fingerprint density at radius 1 is 1.33 bits per heavy atom. The summed E-state index contributed by atoms with van der Waals surface area (Å²) < 4.78 is 5.71. The predicted molar refractivity (Wildman–Crippen MR) is 106 cm³/mol. The Morgan fingerprint density at radius 2 is 2.19 bits per heavy atom. The molecule has 0 bridgehead atoms. The zero-order valence-corrected chi connectivity index (χ0v) is 15.9. The summed E-state index contributed by atoms with van der Waals surface area (Å²) in [6.07, 6.45) is 4.85. The van der Waals surface area contributed by atoms with Gasteiger partial charge in [0.1, 0.15) is 11.3 Å². The zero-order chi connectivity index (χ0) is 18.8. The predicted octanol–water partition coefficient (Wildman–Crippen LogP) is 3.94. The van der Waals surface area contributed by atoms with E-state index in [1.54, 1.807) is 11.1 Å². The van der Waals surface area contributed by atoms with Crippen LogP contribution in [0, 0.1) is 0 Å². The average molecular weight is 388 g/mol. The Balaban J connectivity index is 1.53. The van der Waals surface area contributed by atoms with Gasteiger partial charge in [-0.1, -0.05) is 17.7 Å². The largest absolute Gasteiger partial charge is 0.366 e. The first kappa shape index (κ1) is 18.0. The van der Waals surface area contributed by atoms with Crippen molar-refractivity contribution in [3.05, 3.63) is 35.5 Å². The van der Waals surface area contributed by atoms with Crippen molar-refractivity contribution in [1.29, 1.82) is 0 Å². The Morgan fingerprint density at radius 3 is 2.96 bits per heavy atom. The summed E-state index contributed by atoms with van der Waals surface area (Å²) in [6.45, 7) is 2.51. The molecule has 2 aliphatic rings. The minimum atomic E-state index is -0.209. The van der Waals surface area contributed by atoms with Gasteiger partial charge in [0, 0.05) is 36.9 Å². The normalized spacial score (nSPS) is 19.4. The first-order chi connectivity index (χ1) is 13.1. The summed E-state index contributed by atoms with van der Waals surface area (Å²) in [5.74, 6) is 1.16. The Bertz CT molecular complexity index is 843. The van der Waals surface area contributed by atoms with Gasteiger partial charge in [-0.05, 0) is 38.0 Å². The molecule has 2 heterocycles. The van der Waals surface area contributed by atoms with Gasteiger partial charge in [-0.2, -0.15) is 4.98 Å². The van der Waals surface area contributed by atoms with Crippen molar-refractivity contribution in [3.63, 3.8) is 0 Å². The monoisotopic (exact) mass is 387 g/mol. The number of ether oxygens (including phenoxy) is 1. The smallest absolute Gasteiger partial charge is 0.229 e. The average Bonchev–Trinajstić information content (AvgIpc) is 3.40. The standard InChI is InChI=1S/C19H22ClN5O2/c1-2-27-17-9-8-16(26)25(17)14-5-3-4-13(10-14)23-19-21-11-15(20)18(24-19)22-12-6-7-12/h3-5,10-12,17H,2,6-9H2,1H3,(H2,21,22,23,24). The van der Waals surface area contributed by atoms with Crippen LogP contribution < -0.4 is 15.5 Å². The van der Waals surface area contributed by atoms with Crippen LogP contribution in [0.4, 0.5) is 23.1 Å². The fraction of sp³-hybridized carbons (Fsp3) is 0.421. The van der Waals surface area contributed by atoms with Crippen molar-refractivity contribution in [1.82, 2.24) is 9.97 Å². The highest BCUT2D eigenvalue weighted by atomic mass is 35.5. The first-order valence-corrected chi connectivity index (χ1v) is 9.61. The van der Waals surface area contributed by atoms with E-state index < -0.39 is 0 Å². The van der Waals surface area contributed by atoms with Gasteiger partial charge in [0.25, 0.3) is 0 Å². The number of carbonyl (C=O) groups excluding carboxylic acids is 1. The Hall–Kier alpha value is -2.38. The van der Waals surface area contributed by atoms with Crippen molar-refractivity contribution < 1.29 is 9.53 Å². The first-order valence-electron chi connectivity index (χ1n) is 9.24. The van der Waals surface area contributed by atoms with Crippen molar-refractivity contribution in [3.8, 4) is 0 Å². The minimum absolute atomic E-state index is 0.0734. The number of halogens is 1. The molecule has 1 atom stereocenters. The highest BCUT2D eigenvalue weighted by molar-refractivity contribution is 6.32. The number of amides is 1. The quantitative estimate of drug-likeness (QED) is 0.749. The second-order valence-corrected chi connectivity index (χ2v) is 7.10. The number of aromatic nitrogens is 2. The van der Waals surface area contributed by atoms with Crippen LogP contribution in [0.1, 0.15) is 32.6 Å². The van der Waals surface area contributed by atoms with Crippen LogP contribution in [-0.4, -0.2) is 34.8 Å². The molecule has 2 fully saturated rings. The molecule has 0 spiro atoms. The second-order valence-electron chi connectivity index (χ2n) is 6.70. The summed E-state index contributed by atoms with van der Waals surface area (Å²) in [4.78, 5) is 22.7. The maximum atomic E-state index is 12.3. The maximum absolute atomic E-state index is 12.3. The van der Waals surface area contributed by atoms with Gasteiger partial charge in [0.2, 0.25) is 11.9 Å². The van der Waals surface area contributed by atoms with Crippen LogP contribution in [0.25, 0.3) is 0 Å². The number of carbonyl (C=O) groups is 1. The third-order valence-electron chi connectivity index (χ3n) is 4.56. The fourth-order valence-corrected chi connectivity index (χ4v) is 3.28. The van der Waals surface area contributed by atoms with Gasteiger partial charge in [-0.25, -0.2) is 4.98 Å². The number of rotatable bonds is 7. The van der Waals surface area contributed by atoms with Crippen molar-refractivity contribution >= 4 is 40.6 Å². The molecule has 0 radical (unpaired) electrons. The maximum Gasteiger partial charge on any atom is 0.229 e. The molecule has 1 aromatic carbocycles. The van der Waals surface area contributed by atoms with E-state index in [9.17, 15) is 4.79 Å². The highest BCUT2D eigenvalue weighted by Crippen LogP contribution is 2.31. The SMILES string of the molecule is CCOC1CCC(=O)N1c1cccc(Nc2ncc(Cl)c(NC3CC3)n2)c1. The lowest BCUT2D eigenvalue weighted by molar-refractivity contribution is -0.117. The van der Waals surface area contributed by atoms with Gasteiger partial charge in [-0.3, -0.25) is 9.69 Å². The minimum Gasteiger partial charge on any atom is -0.366 e. The van der Waals surface area contributed by atoms with E-state index in [0.717, 1.165) is 24.2 Å². The van der Waals surface area contributed by atoms with Crippen LogP contribution in [-0.2, 0) is 9.53 Å². The van der Waals surface area contributed by atoms with Crippen molar-refractivity contribution in [2.75, 3.05) is 22.1 Å². The Labute approximate surface area is 163 Å². The van der Waals surface area contributed by atoms with Gasteiger partial charge in [-0.15, -0.1) is 0 Å². The molecule has 4 rings (SSSR count).